The molecule has 132 valence electrons. The molecule has 0 atom stereocenters. The van der Waals surface area contributed by atoms with E-state index in [1.165, 1.54) is 6.07 Å². The van der Waals surface area contributed by atoms with Crippen LogP contribution in [0, 0.1) is 0 Å². The number of ketones is 1. The Morgan fingerprint density at radius 1 is 0.962 bits per heavy atom. The Bertz CT molecular complexity index is 924. The lowest BCUT2D eigenvalue weighted by atomic mass is 10.0. The van der Waals surface area contributed by atoms with Gasteiger partial charge in [0, 0.05) is 22.5 Å². The zero-order valence-electron chi connectivity index (χ0n) is 13.8. The highest BCUT2D eigenvalue weighted by Gasteiger charge is 2.14. The van der Waals surface area contributed by atoms with Crippen molar-refractivity contribution in [3.63, 3.8) is 0 Å². The van der Waals surface area contributed by atoms with Gasteiger partial charge >= 0.3 is 0 Å². The normalized spacial score (nSPS) is 10.5. The lowest BCUT2D eigenvalue weighted by Crippen LogP contribution is -2.05. The summed E-state index contributed by atoms with van der Waals surface area (Å²) >= 11 is 12.0. The summed E-state index contributed by atoms with van der Waals surface area (Å²) in [6.45, 7) is 0.383. The summed E-state index contributed by atoms with van der Waals surface area (Å²) in [6, 6.07) is 19.3. The maximum Gasteiger partial charge on any atom is 0.171 e. The van der Waals surface area contributed by atoms with Crippen LogP contribution >= 0.6 is 23.2 Å². The van der Waals surface area contributed by atoms with Gasteiger partial charge in [-0.15, -0.1) is 0 Å². The number of aromatic hydroxyl groups is 1. The van der Waals surface area contributed by atoms with Gasteiger partial charge in [0.1, 0.15) is 18.1 Å². The topological polar surface area (TPSA) is 46.5 Å². The number of hydrogen-bond donors (Lipinski definition) is 1. The first-order valence-corrected chi connectivity index (χ1v) is 8.75. The number of phenols is 1. The van der Waals surface area contributed by atoms with Gasteiger partial charge in [0.25, 0.3) is 0 Å². The number of halogens is 2. The monoisotopic (exact) mass is 386 g/mol. The average molecular weight is 387 g/mol. The second-order valence-corrected chi connectivity index (χ2v) is 6.63. The van der Waals surface area contributed by atoms with Gasteiger partial charge in [-0.3, -0.25) is 4.79 Å². The van der Waals surface area contributed by atoms with E-state index in [9.17, 15) is 9.90 Å². The predicted octanol–water partition coefficient (Wildman–Crippen LogP) is 5.70. The summed E-state index contributed by atoms with van der Waals surface area (Å²) in [5.74, 6) is 0.138. The Morgan fingerprint density at radius 2 is 1.73 bits per heavy atom. The first-order chi connectivity index (χ1) is 12.5. The van der Waals surface area contributed by atoms with Crippen LogP contribution in [0.4, 0.5) is 0 Å². The van der Waals surface area contributed by atoms with Gasteiger partial charge in [-0.2, -0.15) is 0 Å². The highest BCUT2D eigenvalue weighted by atomic mass is 35.5. The number of Topliss-reactive ketones (excluding diaryl/α,β-unsaturated/α-hetero) is 1. The highest BCUT2D eigenvalue weighted by Crippen LogP contribution is 2.27. The van der Waals surface area contributed by atoms with Crippen molar-refractivity contribution in [1.82, 2.24) is 0 Å². The van der Waals surface area contributed by atoms with Crippen molar-refractivity contribution in [2.45, 2.75) is 13.0 Å². The first kappa shape index (κ1) is 18.3. The fourth-order valence-corrected chi connectivity index (χ4v) is 2.99. The minimum absolute atomic E-state index is 0.0772. The summed E-state index contributed by atoms with van der Waals surface area (Å²) in [5.41, 5.74) is 1.90. The molecule has 0 aliphatic heterocycles. The quantitative estimate of drug-likeness (QED) is 0.552. The van der Waals surface area contributed by atoms with Gasteiger partial charge in [-0.25, -0.2) is 0 Å². The zero-order chi connectivity index (χ0) is 18.5. The minimum Gasteiger partial charge on any atom is -0.507 e. The van der Waals surface area contributed by atoms with E-state index in [-0.39, 0.29) is 23.5 Å². The van der Waals surface area contributed by atoms with Gasteiger partial charge in [0.2, 0.25) is 0 Å². The maximum absolute atomic E-state index is 12.5. The van der Waals surface area contributed by atoms with Crippen LogP contribution in [0.1, 0.15) is 21.5 Å². The van der Waals surface area contributed by atoms with Crippen LogP contribution in [0.15, 0.2) is 66.7 Å². The molecule has 0 saturated carbocycles. The number of ether oxygens (including phenoxy) is 1. The molecule has 0 unspecified atom stereocenters. The number of carbonyl (C=O) groups is 1. The van der Waals surface area contributed by atoms with Crippen LogP contribution in [0.5, 0.6) is 11.5 Å². The van der Waals surface area contributed by atoms with Gasteiger partial charge in [0.05, 0.1) is 5.56 Å². The Hall–Kier alpha value is -2.49. The van der Waals surface area contributed by atoms with Crippen LogP contribution in [-0.2, 0) is 13.0 Å². The molecule has 0 saturated heterocycles. The number of carbonyl (C=O) groups excluding carboxylic acids is 1. The molecule has 3 nitrogen and oxygen atoms in total. The van der Waals surface area contributed by atoms with E-state index in [4.69, 9.17) is 27.9 Å². The van der Waals surface area contributed by atoms with Crippen molar-refractivity contribution in [3.05, 3.63) is 93.5 Å². The van der Waals surface area contributed by atoms with Crippen LogP contribution in [0.3, 0.4) is 0 Å². The lowest BCUT2D eigenvalue weighted by Gasteiger charge is -2.10. The summed E-state index contributed by atoms with van der Waals surface area (Å²) in [4.78, 5) is 12.5. The zero-order valence-corrected chi connectivity index (χ0v) is 15.3. The molecular formula is C21H16Cl2O3. The van der Waals surface area contributed by atoms with Gasteiger partial charge < -0.3 is 9.84 Å². The van der Waals surface area contributed by atoms with E-state index >= 15 is 0 Å². The predicted molar refractivity (Wildman–Crippen MR) is 103 cm³/mol. The Balaban J connectivity index is 1.69. The van der Waals surface area contributed by atoms with Gasteiger partial charge in [-0.1, -0.05) is 59.6 Å². The molecular weight excluding hydrogens is 371 g/mol. The molecule has 0 fully saturated rings. The standard InChI is InChI=1S/C21H16Cl2O3/c22-16-7-6-15(19(23)11-16)10-20(24)18-9-8-17(12-21(18)25)26-13-14-4-2-1-3-5-14/h1-9,11-12,25H,10,13H2. The summed E-state index contributed by atoms with van der Waals surface area (Å²) in [6.07, 6.45) is 0.0772. The number of benzene rings is 3. The molecule has 0 aliphatic rings. The largest absolute Gasteiger partial charge is 0.507 e. The lowest BCUT2D eigenvalue weighted by molar-refractivity contribution is 0.0990. The van der Waals surface area contributed by atoms with Crippen molar-refractivity contribution < 1.29 is 14.6 Å². The van der Waals surface area contributed by atoms with Gasteiger partial charge in [-0.05, 0) is 35.4 Å². The third kappa shape index (κ3) is 4.57. The molecule has 0 aromatic heterocycles. The number of hydrogen-bond acceptors (Lipinski definition) is 3. The van der Waals surface area contributed by atoms with Crippen LogP contribution in [-0.4, -0.2) is 10.9 Å². The fourth-order valence-electron chi connectivity index (χ4n) is 2.51. The highest BCUT2D eigenvalue weighted by molar-refractivity contribution is 6.35. The number of phenolic OH excluding ortho intramolecular Hbond substituents is 1. The van der Waals surface area contributed by atoms with E-state index < -0.39 is 0 Å². The van der Waals surface area contributed by atoms with E-state index in [0.717, 1.165) is 5.56 Å². The number of rotatable bonds is 6. The van der Waals surface area contributed by atoms with Crippen molar-refractivity contribution in [1.29, 1.82) is 0 Å². The smallest absolute Gasteiger partial charge is 0.171 e. The third-order valence-corrected chi connectivity index (χ3v) is 4.47. The Kier molecular flexibility index (Phi) is 5.82. The molecule has 26 heavy (non-hydrogen) atoms. The van der Waals surface area contributed by atoms with E-state index in [1.54, 1.807) is 30.3 Å². The van der Waals surface area contributed by atoms with Crippen LogP contribution in [0.25, 0.3) is 0 Å². The molecule has 0 spiro atoms. The van der Waals surface area contributed by atoms with Gasteiger partial charge in [0.15, 0.2) is 5.78 Å². The fraction of sp³-hybridized carbons (Fsp3) is 0.0952. The molecule has 0 heterocycles. The summed E-state index contributed by atoms with van der Waals surface area (Å²) in [7, 11) is 0. The molecule has 5 heteroatoms. The average Bonchev–Trinajstić information content (AvgIpc) is 2.63. The van der Waals surface area contributed by atoms with Crippen LogP contribution < -0.4 is 4.74 Å². The molecule has 1 N–H and O–H groups in total. The Morgan fingerprint density at radius 3 is 2.42 bits per heavy atom. The van der Waals surface area contributed by atoms with Crippen molar-refractivity contribution >= 4 is 29.0 Å². The third-order valence-electron chi connectivity index (χ3n) is 3.88. The molecule has 0 bridgehead atoms. The molecule has 0 radical (unpaired) electrons. The second-order valence-electron chi connectivity index (χ2n) is 5.79. The molecule has 3 rings (SSSR count). The summed E-state index contributed by atoms with van der Waals surface area (Å²) < 4.78 is 5.65. The summed E-state index contributed by atoms with van der Waals surface area (Å²) in [5, 5.41) is 11.1. The van der Waals surface area contributed by atoms with Crippen molar-refractivity contribution in [3.8, 4) is 11.5 Å². The van der Waals surface area contributed by atoms with Crippen molar-refractivity contribution in [2.75, 3.05) is 0 Å². The molecule has 0 aliphatic carbocycles. The minimum atomic E-state index is -0.235. The maximum atomic E-state index is 12.5. The van der Waals surface area contributed by atoms with E-state index in [0.29, 0.717) is 28.0 Å². The van der Waals surface area contributed by atoms with E-state index in [2.05, 4.69) is 0 Å². The molecule has 3 aromatic rings. The van der Waals surface area contributed by atoms with Crippen molar-refractivity contribution in [2.24, 2.45) is 0 Å². The van der Waals surface area contributed by atoms with E-state index in [1.807, 2.05) is 30.3 Å². The molecule has 3 aromatic carbocycles. The molecule has 0 amide bonds. The SMILES string of the molecule is O=C(Cc1ccc(Cl)cc1Cl)c1ccc(OCc2ccccc2)cc1O. The van der Waals surface area contributed by atoms with Crippen LogP contribution in [0.2, 0.25) is 10.0 Å². The first-order valence-electron chi connectivity index (χ1n) is 8.00. The Labute approximate surface area is 161 Å². The second kappa shape index (κ2) is 8.26.